The van der Waals surface area contributed by atoms with Crippen LogP contribution >= 0.6 is 0 Å². The van der Waals surface area contributed by atoms with Crippen LogP contribution in [0.5, 0.6) is 0 Å². The number of rotatable bonds is 6. The van der Waals surface area contributed by atoms with Gasteiger partial charge in [0.2, 0.25) is 11.8 Å². The fraction of sp³-hybridized carbons (Fsp3) is 0.360. The average Bonchev–Trinajstić information content (AvgIpc) is 3.00. The highest BCUT2D eigenvalue weighted by atomic mass is 16.2. The van der Waals surface area contributed by atoms with Crippen LogP contribution in [-0.4, -0.2) is 64.8 Å². The second-order valence-electron chi connectivity index (χ2n) is 8.92. The highest BCUT2D eigenvalue weighted by molar-refractivity contribution is 6.06. The van der Waals surface area contributed by atoms with Crippen molar-refractivity contribution in [2.24, 2.45) is 0 Å². The number of carbonyl (C=O) groups is 4. The van der Waals surface area contributed by atoms with Crippen LogP contribution in [0.3, 0.4) is 0 Å². The summed E-state index contributed by atoms with van der Waals surface area (Å²) in [5.74, 6) is -0.800. The molecule has 0 radical (unpaired) electrons. The molecule has 8 nitrogen and oxygen atoms in total. The average molecular weight is 449 g/mol. The van der Waals surface area contributed by atoms with Gasteiger partial charge in [-0.15, -0.1) is 0 Å². The van der Waals surface area contributed by atoms with Crippen molar-refractivity contribution in [3.63, 3.8) is 0 Å². The van der Waals surface area contributed by atoms with Gasteiger partial charge in [0.05, 0.1) is 0 Å². The first-order valence-electron chi connectivity index (χ1n) is 11.1. The summed E-state index contributed by atoms with van der Waals surface area (Å²) in [5, 5.41) is 5.44. The molecule has 2 saturated heterocycles. The fourth-order valence-electron chi connectivity index (χ4n) is 4.28. The van der Waals surface area contributed by atoms with Crippen LogP contribution in [0.25, 0.3) is 11.1 Å². The lowest BCUT2D eigenvalue weighted by Gasteiger charge is -2.35. The molecule has 2 aromatic rings. The van der Waals surface area contributed by atoms with Gasteiger partial charge in [0.15, 0.2) is 0 Å². The summed E-state index contributed by atoms with van der Waals surface area (Å²) in [4.78, 5) is 52.7. The highest BCUT2D eigenvalue weighted by Crippen LogP contribution is 2.22. The number of hydrogen-bond donors (Lipinski definition) is 2. The maximum absolute atomic E-state index is 13.0. The second kappa shape index (κ2) is 9.05. The summed E-state index contributed by atoms with van der Waals surface area (Å²) in [6.07, 6.45) is 0.370. The smallest absolute Gasteiger partial charge is 0.325 e. The lowest BCUT2D eigenvalue weighted by Crippen LogP contribution is -2.58. The molecule has 2 aliphatic rings. The number of benzene rings is 2. The molecular weight excluding hydrogens is 420 g/mol. The van der Waals surface area contributed by atoms with Crippen molar-refractivity contribution in [2.75, 3.05) is 19.6 Å². The first-order valence-corrected chi connectivity index (χ1v) is 11.1. The molecule has 2 aliphatic heterocycles. The number of nitrogens with one attached hydrogen (secondary N) is 2. The Hall–Kier alpha value is -3.68. The lowest BCUT2D eigenvalue weighted by molar-refractivity contribution is -0.143. The second-order valence-corrected chi connectivity index (χ2v) is 8.92. The quantitative estimate of drug-likeness (QED) is 0.660. The molecule has 5 amide bonds. The number of hydrogen-bond acceptors (Lipinski definition) is 4. The number of urea groups is 1. The molecule has 2 heterocycles. The standard InChI is InChI=1S/C25H28N4O4/c1-25(2)23(32)29(24(33)27-25)14-12-21(30)28-15-13-26-22(31)20(28)16-17-8-10-19(11-9-17)18-6-4-3-5-7-18/h3-11,20H,12-16H2,1-2H3,(H,26,31)(H,27,33)/t20-/m0/s1. The van der Waals surface area contributed by atoms with Crippen LogP contribution in [0.15, 0.2) is 54.6 Å². The van der Waals surface area contributed by atoms with Crippen molar-refractivity contribution >= 4 is 23.8 Å². The predicted octanol–water partition coefficient (Wildman–Crippen LogP) is 1.94. The maximum atomic E-state index is 13.0. The Bertz CT molecular complexity index is 1070. The van der Waals surface area contributed by atoms with Crippen LogP contribution in [-0.2, 0) is 20.8 Å². The normalized spacial score (nSPS) is 19.9. The SMILES string of the molecule is CC1(C)NC(=O)N(CCC(=O)N2CCNC(=O)[C@@H]2Cc2ccc(-c3ccccc3)cc2)C1=O. The van der Waals surface area contributed by atoms with Crippen molar-refractivity contribution < 1.29 is 19.2 Å². The van der Waals surface area contributed by atoms with E-state index in [1.54, 1.807) is 18.7 Å². The monoisotopic (exact) mass is 448 g/mol. The van der Waals surface area contributed by atoms with Gasteiger partial charge in [-0.05, 0) is 30.5 Å². The molecule has 2 fully saturated rings. The molecule has 0 aromatic heterocycles. The van der Waals surface area contributed by atoms with Gasteiger partial charge in [-0.2, -0.15) is 0 Å². The molecule has 1 atom stereocenters. The Morgan fingerprint density at radius 2 is 1.67 bits per heavy atom. The maximum Gasteiger partial charge on any atom is 0.325 e. The van der Waals surface area contributed by atoms with Gasteiger partial charge in [-0.1, -0.05) is 54.6 Å². The summed E-state index contributed by atoms with van der Waals surface area (Å²) in [7, 11) is 0. The molecule has 2 N–H and O–H groups in total. The topological polar surface area (TPSA) is 98.8 Å². The van der Waals surface area contributed by atoms with Crippen LogP contribution in [0, 0.1) is 0 Å². The van der Waals surface area contributed by atoms with Crippen molar-refractivity contribution in [3.8, 4) is 11.1 Å². The Balaban J connectivity index is 1.42. The summed E-state index contributed by atoms with van der Waals surface area (Å²) in [6.45, 7) is 4.02. The molecule has 0 bridgehead atoms. The van der Waals surface area contributed by atoms with Gasteiger partial charge in [0.25, 0.3) is 5.91 Å². The van der Waals surface area contributed by atoms with Gasteiger partial charge in [0.1, 0.15) is 11.6 Å². The fourth-order valence-corrected chi connectivity index (χ4v) is 4.28. The summed E-state index contributed by atoms with van der Waals surface area (Å²) >= 11 is 0. The largest absolute Gasteiger partial charge is 0.353 e. The third kappa shape index (κ3) is 4.74. The summed E-state index contributed by atoms with van der Waals surface area (Å²) in [6, 6.07) is 16.9. The van der Waals surface area contributed by atoms with Crippen LogP contribution < -0.4 is 10.6 Å². The highest BCUT2D eigenvalue weighted by Gasteiger charge is 2.44. The molecule has 4 rings (SSSR count). The third-order valence-corrected chi connectivity index (χ3v) is 6.13. The predicted molar refractivity (Wildman–Crippen MR) is 123 cm³/mol. The summed E-state index contributed by atoms with van der Waals surface area (Å²) < 4.78 is 0. The van der Waals surface area contributed by atoms with E-state index in [2.05, 4.69) is 10.6 Å². The number of nitrogens with zero attached hydrogens (tertiary/aromatic N) is 2. The molecule has 2 aromatic carbocycles. The number of piperazine rings is 1. The zero-order valence-corrected chi connectivity index (χ0v) is 18.8. The molecule has 172 valence electrons. The van der Waals surface area contributed by atoms with Crippen LogP contribution in [0.2, 0.25) is 0 Å². The minimum absolute atomic E-state index is 0.0104. The first-order chi connectivity index (χ1) is 15.8. The lowest BCUT2D eigenvalue weighted by atomic mass is 9.98. The van der Waals surface area contributed by atoms with Gasteiger partial charge in [0, 0.05) is 32.5 Å². The molecule has 0 unspecified atom stereocenters. The van der Waals surface area contributed by atoms with Crippen LogP contribution in [0.1, 0.15) is 25.8 Å². The number of imide groups is 1. The van der Waals surface area contributed by atoms with Crippen molar-refractivity contribution in [2.45, 2.75) is 38.3 Å². The van der Waals surface area contributed by atoms with E-state index in [9.17, 15) is 19.2 Å². The Labute approximate surface area is 192 Å². The van der Waals surface area contributed by atoms with E-state index in [1.165, 1.54) is 0 Å². The molecule has 33 heavy (non-hydrogen) atoms. The van der Waals surface area contributed by atoms with Crippen molar-refractivity contribution in [1.29, 1.82) is 0 Å². The van der Waals surface area contributed by atoms with Gasteiger partial charge in [-0.3, -0.25) is 19.3 Å². The van der Waals surface area contributed by atoms with Gasteiger partial charge in [-0.25, -0.2) is 4.79 Å². The zero-order chi connectivity index (χ0) is 23.6. The van der Waals surface area contributed by atoms with E-state index in [0.717, 1.165) is 21.6 Å². The Morgan fingerprint density at radius 3 is 2.30 bits per heavy atom. The van der Waals surface area contributed by atoms with E-state index in [0.29, 0.717) is 19.5 Å². The molecule has 0 saturated carbocycles. The van der Waals surface area contributed by atoms with Gasteiger partial charge >= 0.3 is 6.03 Å². The first kappa shape index (κ1) is 22.5. The van der Waals surface area contributed by atoms with E-state index in [1.807, 2.05) is 54.6 Å². The Kier molecular flexibility index (Phi) is 6.18. The molecule has 8 heteroatoms. The van der Waals surface area contributed by atoms with E-state index in [4.69, 9.17) is 0 Å². The zero-order valence-electron chi connectivity index (χ0n) is 18.8. The van der Waals surface area contributed by atoms with Crippen molar-refractivity contribution in [3.05, 3.63) is 60.2 Å². The van der Waals surface area contributed by atoms with E-state index < -0.39 is 17.6 Å². The van der Waals surface area contributed by atoms with E-state index in [-0.39, 0.29) is 30.7 Å². The third-order valence-electron chi connectivity index (χ3n) is 6.13. The summed E-state index contributed by atoms with van der Waals surface area (Å²) in [5.41, 5.74) is 2.17. The minimum atomic E-state index is -0.973. The Morgan fingerprint density at radius 1 is 1.00 bits per heavy atom. The van der Waals surface area contributed by atoms with Gasteiger partial charge < -0.3 is 15.5 Å². The minimum Gasteiger partial charge on any atom is -0.353 e. The molecular formula is C25H28N4O4. The van der Waals surface area contributed by atoms with Crippen LogP contribution in [0.4, 0.5) is 4.79 Å². The number of carbonyl (C=O) groups excluding carboxylic acids is 4. The molecule has 0 spiro atoms. The molecule has 0 aliphatic carbocycles. The van der Waals surface area contributed by atoms with Crippen molar-refractivity contribution in [1.82, 2.24) is 20.4 Å². The number of amides is 5. The van der Waals surface area contributed by atoms with E-state index >= 15 is 0 Å².